The molecule has 166 valence electrons. The zero-order chi connectivity index (χ0) is 22.2. The van der Waals surface area contributed by atoms with Gasteiger partial charge in [0.2, 0.25) is 0 Å². The maximum atomic E-state index is 6.03. The van der Waals surface area contributed by atoms with Crippen molar-refractivity contribution in [1.82, 2.24) is 25.1 Å². The van der Waals surface area contributed by atoms with Gasteiger partial charge >= 0.3 is 0 Å². The molecule has 0 radical (unpaired) electrons. The molecular weight excluding hydrogens is 408 g/mol. The van der Waals surface area contributed by atoms with Crippen LogP contribution in [-0.2, 0) is 13.0 Å². The van der Waals surface area contributed by atoms with E-state index in [2.05, 4.69) is 79.7 Å². The van der Waals surface area contributed by atoms with E-state index in [9.17, 15) is 0 Å². The molecule has 4 heterocycles. The van der Waals surface area contributed by atoms with Crippen molar-refractivity contribution >= 4 is 27.8 Å². The Morgan fingerprint density at radius 1 is 0.970 bits per heavy atom. The van der Waals surface area contributed by atoms with Crippen LogP contribution in [0.3, 0.4) is 0 Å². The highest BCUT2D eigenvalue weighted by Gasteiger charge is 2.21. The lowest BCUT2D eigenvalue weighted by Gasteiger charge is -2.31. The van der Waals surface area contributed by atoms with Gasteiger partial charge in [-0.2, -0.15) is 5.10 Å². The Bertz CT molecular complexity index is 1390. The number of hydrogen-bond donors (Lipinski definition) is 3. The quantitative estimate of drug-likeness (QED) is 0.356. The second kappa shape index (κ2) is 8.37. The number of benzene rings is 2. The summed E-state index contributed by atoms with van der Waals surface area (Å²) >= 11 is 0. The number of nitrogen functional groups attached to an aromatic ring is 1. The van der Waals surface area contributed by atoms with Crippen molar-refractivity contribution in [2.24, 2.45) is 5.92 Å². The van der Waals surface area contributed by atoms with Gasteiger partial charge in [-0.3, -0.25) is 10.00 Å². The molecule has 3 aromatic heterocycles. The predicted molar refractivity (Wildman–Crippen MR) is 134 cm³/mol. The lowest BCUT2D eigenvalue weighted by molar-refractivity contribution is 0.176. The maximum Gasteiger partial charge on any atom is 0.153 e. The number of nitrogens with zero attached hydrogens (tertiary/aromatic N) is 3. The number of H-pyrrole nitrogens is 2. The first-order chi connectivity index (χ1) is 16.2. The van der Waals surface area contributed by atoms with Crippen LogP contribution in [0.5, 0.6) is 0 Å². The fourth-order valence-electron chi connectivity index (χ4n) is 5.15. The van der Waals surface area contributed by atoms with Crippen LogP contribution in [-0.4, -0.2) is 38.2 Å². The minimum atomic E-state index is 0.533. The first-order valence-electron chi connectivity index (χ1n) is 11.7. The number of likely N-dealkylation sites (tertiary alicyclic amines) is 1. The van der Waals surface area contributed by atoms with Gasteiger partial charge in [-0.1, -0.05) is 36.4 Å². The third-order valence-corrected chi connectivity index (χ3v) is 6.96. The summed E-state index contributed by atoms with van der Waals surface area (Å²) < 4.78 is 0. The molecule has 0 amide bonds. The van der Waals surface area contributed by atoms with Crippen molar-refractivity contribution in [1.29, 1.82) is 0 Å². The number of aromatic nitrogens is 4. The van der Waals surface area contributed by atoms with E-state index in [1.165, 1.54) is 29.7 Å². The first kappa shape index (κ1) is 20.0. The van der Waals surface area contributed by atoms with E-state index in [-0.39, 0.29) is 0 Å². The van der Waals surface area contributed by atoms with Gasteiger partial charge in [0, 0.05) is 29.2 Å². The van der Waals surface area contributed by atoms with Crippen molar-refractivity contribution in [3.63, 3.8) is 0 Å². The molecule has 0 atom stereocenters. The molecule has 1 aliphatic heterocycles. The average Bonchev–Trinajstić information content (AvgIpc) is 3.43. The Kier molecular flexibility index (Phi) is 5.07. The lowest BCUT2D eigenvalue weighted by Crippen LogP contribution is -2.33. The Morgan fingerprint density at radius 3 is 2.67 bits per heavy atom. The Balaban J connectivity index is 1.18. The number of rotatable bonds is 5. The molecule has 6 rings (SSSR count). The van der Waals surface area contributed by atoms with Gasteiger partial charge in [-0.25, -0.2) is 4.98 Å². The first-order valence-corrected chi connectivity index (χ1v) is 11.7. The third kappa shape index (κ3) is 3.98. The molecule has 6 heteroatoms. The standard InChI is InChI=1S/C27H28N6/c28-26-24-15-20(6-7-25(24)31-32-26)22-8-11-29-27-23(22)16-21(30-27)14-18-9-12-33(13-10-18)17-19-4-2-1-3-5-19/h1-8,11,15-16,18H,9-10,12-14,17H2,(H,29,30)(H3,28,31,32). The summed E-state index contributed by atoms with van der Waals surface area (Å²) in [7, 11) is 0. The smallest absolute Gasteiger partial charge is 0.153 e. The molecule has 5 aromatic rings. The summed E-state index contributed by atoms with van der Waals surface area (Å²) in [5.74, 6) is 1.24. The zero-order valence-electron chi connectivity index (χ0n) is 18.6. The monoisotopic (exact) mass is 436 g/mol. The van der Waals surface area contributed by atoms with E-state index in [1.807, 2.05) is 12.3 Å². The third-order valence-electron chi connectivity index (χ3n) is 6.96. The van der Waals surface area contributed by atoms with Gasteiger partial charge in [-0.05, 0) is 79.2 Å². The van der Waals surface area contributed by atoms with Crippen molar-refractivity contribution < 1.29 is 0 Å². The molecule has 0 unspecified atom stereocenters. The average molecular weight is 437 g/mol. The molecule has 0 spiro atoms. The number of fused-ring (bicyclic) bond motifs is 2. The Labute approximate surface area is 192 Å². The largest absolute Gasteiger partial charge is 0.382 e. The summed E-state index contributed by atoms with van der Waals surface area (Å²) in [6.07, 6.45) is 5.42. The highest BCUT2D eigenvalue weighted by molar-refractivity contribution is 5.98. The van der Waals surface area contributed by atoms with E-state index in [0.717, 1.165) is 53.6 Å². The predicted octanol–water partition coefficient (Wildman–Crippen LogP) is 5.14. The molecule has 0 aliphatic carbocycles. The molecule has 0 saturated carbocycles. The minimum Gasteiger partial charge on any atom is -0.382 e. The van der Waals surface area contributed by atoms with Gasteiger partial charge < -0.3 is 10.7 Å². The number of pyridine rings is 1. The Morgan fingerprint density at radius 2 is 1.82 bits per heavy atom. The van der Waals surface area contributed by atoms with Crippen LogP contribution < -0.4 is 5.73 Å². The zero-order valence-corrected chi connectivity index (χ0v) is 18.6. The fraction of sp³-hybridized carbons (Fsp3) is 0.259. The summed E-state index contributed by atoms with van der Waals surface area (Å²) in [5, 5.41) is 9.21. The van der Waals surface area contributed by atoms with E-state index in [4.69, 9.17) is 5.73 Å². The lowest BCUT2D eigenvalue weighted by atomic mass is 9.92. The van der Waals surface area contributed by atoms with Gasteiger partial charge in [0.1, 0.15) is 5.65 Å². The maximum absolute atomic E-state index is 6.03. The van der Waals surface area contributed by atoms with Gasteiger partial charge in [-0.15, -0.1) is 0 Å². The minimum absolute atomic E-state index is 0.533. The van der Waals surface area contributed by atoms with Crippen molar-refractivity contribution in [3.05, 3.63) is 78.1 Å². The fourth-order valence-corrected chi connectivity index (χ4v) is 5.15. The highest BCUT2D eigenvalue weighted by Crippen LogP contribution is 2.32. The number of nitrogens with one attached hydrogen (secondary N) is 2. The van der Waals surface area contributed by atoms with E-state index >= 15 is 0 Å². The number of aromatic amines is 2. The van der Waals surface area contributed by atoms with Crippen LogP contribution in [0.2, 0.25) is 0 Å². The van der Waals surface area contributed by atoms with Crippen molar-refractivity contribution in [2.45, 2.75) is 25.8 Å². The molecule has 0 bridgehead atoms. The van der Waals surface area contributed by atoms with Crippen LogP contribution in [0.25, 0.3) is 33.1 Å². The SMILES string of the molecule is Nc1n[nH]c2ccc(-c3ccnc4[nH]c(CC5CCN(Cc6ccccc6)CC5)cc34)cc12. The molecule has 1 aliphatic rings. The molecule has 4 N–H and O–H groups in total. The topological polar surface area (TPSA) is 86.6 Å². The summed E-state index contributed by atoms with van der Waals surface area (Å²) in [5.41, 5.74) is 12.9. The van der Waals surface area contributed by atoms with Crippen LogP contribution in [0.15, 0.2) is 66.9 Å². The van der Waals surface area contributed by atoms with E-state index in [0.29, 0.717) is 11.7 Å². The van der Waals surface area contributed by atoms with Crippen LogP contribution in [0.4, 0.5) is 5.82 Å². The Hall–Kier alpha value is -3.64. The van der Waals surface area contributed by atoms with Gasteiger partial charge in [0.25, 0.3) is 0 Å². The second-order valence-corrected chi connectivity index (χ2v) is 9.19. The molecule has 1 saturated heterocycles. The van der Waals surface area contributed by atoms with Crippen LogP contribution >= 0.6 is 0 Å². The second-order valence-electron chi connectivity index (χ2n) is 9.19. The normalized spacial score (nSPS) is 15.5. The number of nitrogens with two attached hydrogens (primary N) is 1. The van der Waals surface area contributed by atoms with Crippen LogP contribution in [0.1, 0.15) is 24.1 Å². The highest BCUT2D eigenvalue weighted by atomic mass is 15.1. The number of hydrogen-bond acceptors (Lipinski definition) is 4. The summed E-state index contributed by atoms with van der Waals surface area (Å²) in [4.78, 5) is 10.8. The summed E-state index contributed by atoms with van der Waals surface area (Å²) in [6.45, 7) is 3.38. The molecule has 33 heavy (non-hydrogen) atoms. The molecule has 6 nitrogen and oxygen atoms in total. The molecule has 1 fully saturated rings. The van der Waals surface area contributed by atoms with Gasteiger partial charge in [0.05, 0.1) is 5.52 Å². The molecule has 2 aromatic carbocycles. The van der Waals surface area contributed by atoms with Crippen molar-refractivity contribution in [2.75, 3.05) is 18.8 Å². The number of piperidine rings is 1. The van der Waals surface area contributed by atoms with Gasteiger partial charge in [0.15, 0.2) is 5.82 Å². The van der Waals surface area contributed by atoms with Crippen LogP contribution in [0, 0.1) is 5.92 Å². The van der Waals surface area contributed by atoms with Crippen molar-refractivity contribution in [3.8, 4) is 11.1 Å². The number of anilines is 1. The van der Waals surface area contributed by atoms with E-state index in [1.54, 1.807) is 0 Å². The summed E-state index contributed by atoms with van der Waals surface area (Å²) in [6, 6.07) is 21.4. The molecular formula is C27H28N6. The van der Waals surface area contributed by atoms with E-state index < -0.39 is 0 Å².